The second-order valence-electron chi connectivity index (χ2n) is 5.28. The van der Waals surface area contributed by atoms with Crippen molar-refractivity contribution in [1.29, 1.82) is 0 Å². The minimum atomic E-state index is -0.441. The quantitative estimate of drug-likeness (QED) is 0.425. The number of hydrogen-bond acceptors (Lipinski definition) is 7. The zero-order valence-electron chi connectivity index (χ0n) is 13.4. The van der Waals surface area contributed by atoms with Crippen LogP contribution in [0.1, 0.15) is 18.7 Å². The zero-order valence-corrected chi connectivity index (χ0v) is 13.4. The zero-order chi connectivity index (χ0) is 17.5. The number of imidazole rings is 2. The van der Waals surface area contributed by atoms with Crippen LogP contribution in [0.5, 0.6) is 0 Å². The molecule has 134 valence electrons. The monoisotopic (exact) mass is 339 g/mol. The van der Waals surface area contributed by atoms with E-state index < -0.39 is 4.90 Å². The van der Waals surface area contributed by atoms with Crippen molar-refractivity contribution in [3.05, 3.63) is 45.7 Å². The van der Waals surface area contributed by atoms with Gasteiger partial charge in [0.2, 0.25) is 0 Å². The Balaban J connectivity index is 1.67. The highest BCUT2D eigenvalue weighted by atomic mass is 16.8. The van der Waals surface area contributed by atoms with Gasteiger partial charge in [-0.1, -0.05) is 0 Å². The van der Waals surface area contributed by atoms with Gasteiger partial charge in [-0.15, -0.1) is 0 Å². The number of H-pyrrole nitrogens is 1. The molecule has 0 fully saturated rings. The van der Waals surface area contributed by atoms with E-state index >= 15 is 0 Å². The molecule has 0 aromatic carbocycles. The van der Waals surface area contributed by atoms with Gasteiger partial charge in [0.1, 0.15) is 11.6 Å². The predicted octanol–water partition coefficient (Wildman–Crippen LogP) is -0.148. The van der Waals surface area contributed by atoms with Crippen LogP contribution in [-0.2, 0) is 13.1 Å². The minimum absolute atomic E-state index is 0.0164. The summed E-state index contributed by atoms with van der Waals surface area (Å²) in [4.78, 5) is 6.14. The highest BCUT2D eigenvalue weighted by Gasteiger charge is 2.06. The molecule has 11 nitrogen and oxygen atoms in total. The van der Waals surface area contributed by atoms with Crippen molar-refractivity contribution >= 4 is 5.82 Å². The number of aryl methyl sites for hydroxylation is 2. The summed E-state index contributed by atoms with van der Waals surface area (Å²) in [5.74, 6) is 0.753. The molecule has 0 bridgehead atoms. The molecule has 24 heavy (non-hydrogen) atoms. The first kappa shape index (κ1) is 17.8. The molecule has 0 unspecified atom stereocenters. The van der Waals surface area contributed by atoms with Crippen LogP contribution < -0.4 is 21.1 Å². The molecule has 0 radical (unpaired) electrons. The Morgan fingerprint density at radius 1 is 1.33 bits per heavy atom. The molecule has 0 spiro atoms. The van der Waals surface area contributed by atoms with Crippen molar-refractivity contribution in [3.8, 4) is 0 Å². The standard InChI is InChI=1S/C13H21N7O4/c1-11-16-10-12(19(21)22)18(11)9-5-14-4-2-3-7-17-8-6-15-13(17)20(23)24/h6,8,10,14-15,21H,2-5,7,9H2,1H3/q-2. The smallest absolute Gasteiger partial charge is 0.358 e. The maximum atomic E-state index is 11.0. The van der Waals surface area contributed by atoms with E-state index in [0.29, 0.717) is 25.5 Å². The first-order chi connectivity index (χ1) is 11.5. The van der Waals surface area contributed by atoms with E-state index in [1.54, 1.807) is 28.5 Å². The van der Waals surface area contributed by atoms with E-state index in [0.717, 1.165) is 19.4 Å². The number of nitrogens with one attached hydrogen (secondary N) is 2. The summed E-state index contributed by atoms with van der Waals surface area (Å²) in [6, 6.07) is 0. The minimum Gasteiger partial charge on any atom is -0.744 e. The number of nitrogens with zero attached hydrogens (tertiary/aromatic N) is 5. The van der Waals surface area contributed by atoms with Crippen molar-refractivity contribution in [3.63, 3.8) is 0 Å². The Morgan fingerprint density at radius 2 is 2.12 bits per heavy atom. The molecule has 0 saturated carbocycles. The van der Waals surface area contributed by atoms with Crippen LogP contribution in [-0.4, -0.2) is 37.4 Å². The summed E-state index contributed by atoms with van der Waals surface area (Å²) >= 11 is 0. The van der Waals surface area contributed by atoms with Gasteiger partial charge in [0.25, 0.3) is 0 Å². The van der Waals surface area contributed by atoms with Crippen LogP contribution in [0.2, 0.25) is 0 Å². The summed E-state index contributed by atoms with van der Waals surface area (Å²) in [5, 5.41) is 44.5. The second-order valence-corrected chi connectivity index (χ2v) is 5.28. The fourth-order valence-electron chi connectivity index (χ4n) is 2.43. The normalized spacial score (nSPS) is 11.0. The van der Waals surface area contributed by atoms with Crippen molar-refractivity contribution in [2.45, 2.75) is 32.9 Å². The van der Waals surface area contributed by atoms with Crippen LogP contribution in [0.4, 0.5) is 5.82 Å². The topological polar surface area (TPSA) is 146 Å². The third-order valence-electron chi connectivity index (χ3n) is 3.66. The van der Waals surface area contributed by atoms with Gasteiger partial charge in [-0.05, 0) is 26.3 Å². The summed E-state index contributed by atoms with van der Waals surface area (Å²) in [6.07, 6.45) is 6.18. The molecule has 11 heteroatoms. The van der Waals surface area contributed by atoms with E-state index in [1.807, 2.05) is 0 Å². The number of hydrogen-bond donors (Lipinski definition) is 3. The molecule has 0 aliphatic rings. The molecular weight excluding hydrogens is 318 g/mol. The molecule has 0 aliphatic carbocycles. The number of unbranched alkanes of at least 4 members (excludes halogenated alkanes) is 1. The highest BCUT2D eigenvalue weighted by molar-refractivity contribution is 5.36. The largest absolute Gasteiger partial charge is 0.744 e. The summed E-state index contributed by atoms with van der Waals surface area (Å²) in [6.45, 7) is 4.21. The Kier molecular flexibility index (Phi) is 6.23. The maximum absolute atomic E-state index is 11.0. The number of anilines is 1. The van der Waals surface area contributed by atoms with Crippen LogP contribution >= 0.6 is 0 Å². The van der Waals surface area contributed by atoms with Gasteiger partial charge in [0.05, 0.1) is 25.1 Å². The number of rotatable bonds is 9. The highest BCUT2D eigenvalue weighted by Crippen LogP contribution is 2.13. The summed E-state index contributed by atoms with van der Waals surface area (Å²) < 4.78 is 3.20. The lowest BCUT2D eigenvalue weighted by Crippen LogP contribution is -2.30. The maximum Gasteiger partial charge on any atom is 0.358 e. The molecule has 2 aromatic rings. The average molecular weight is 339 g/mol. The summed E-state index contributed by atoms with van der Waals surface area (Å²) in [7, 11) is 0. The average Bonchev–Trinajstić information content (AvgIpc) is 3.13. The third kappa shape index (κ3) is 4.50. The predicted molar refractivity (Wildman–Crippen MR) is 87.5 cm³/mol. The second kappa shape index (κ2) is 8.38. The Hall–Kier alpha value is -2.50. The van der Waals surface area contributed by atoms with Crippen LogP contribution in [0.25, 0.3) is 0 Å². The van der Waals surface area contributed by atoms with Crippen molar-refractivity contribution < 1.29 is 5.21 Å². The fraction of sp³-hybridized carbons (Fsp3) is 0.538. The van der Waals surface area contributed by atoms with Gasteiger partial charge in [-0.3, -0.25) is 10.1 Å². The van der Waals surface area contributed by atoms with E-state index in [-0.39, 0.29) is 16.7 Å². The molecule has 0 saturated heterocycles. The molecule has 2 heterocycles. The molecule has 2 rings (SSSR count). The lowest BCUT2D eigenvalue weighted by Gasteiger charge is -2.23. The van der Waals surface area contributed by atoms with Gasteiger partial charge in [-0.25, -0.2) is 14.5 Å². The Labute approximate surface area is 138 Å². The van der Waals surface area contributed by atoms with E-state index in [9.17, 15) is 15.6 Å². The molecule has 2 aromatic heterocycles. The van der Waals surface area contributed by atoms with E-state index in [2.05, 4.69) is 15.3 Å². The third-order valence-corrected chi connectivity index (χ3v) is 3.66. The molecular formula is C13H21N7O4-2. The molecule has 0 amide bonds. The molecule has 3 N–H and O–H groups in total. The van der Waals surface area contributed by atoms with E-state index in [1.165, 1.54) is 6.20 Å². The number of aromatic amines is 1. The van der Waals surface area contributed by atoms with Gasteiger partial charge < -0.3 is 30.7 Å². The first-order valence-electron chi connectivity index (χ1n) is 7.61. The van der Waals surface area contributed by atoms with Gasteiger partial charge >= 0.3 is 5.62 Å². The lowest BCUT2D eigenvalue weighted by atomic mass is 10.3. The lowest BCUT2D eigenvalue weighted by molar-refractivity contribution is 0.288. The molecule has 0 aliphatic heterocycles. The van der Waals surface area contributed by atoms with Crippen LogP contribution in [0.3, 0.4) is 0 Å². The fourth-order valence-corrected chi connectivity index (χ4v) is 2.43. The van der Waals surface area contributed by atoms with Gasteiger partial charge in [-0.2, -0.15) is 0 Å². The number of aromatic nitrogens is 4. The summed E-state index contributed by atoms with van der Waals surface area (Å²) in [5.41, 5.74) is -0.0164. The molecule has 0 atom stereocenters. The Morgan fingerprint density at radius 3 is 2.83 bits per heavy atom. The van der Waals surface area contributed by atoms with Crippen molar-refractivity contribution in [2.75, 3.05) is 18.3 Å². The van der Waals surface area contributed by atoms with E-state index in [4.69, 9.17) is 5.21 Å². The van der Waals surface area contributed by atoms with Gasteiger partial charge in [0, 0.05) is 13.1 Å². The van der Waals surface area contributed by atoms with Crippen LogP contribution in [0.15, 0.2) is 18.6 Å². The Bertz CT molecular complexity index is 699. The van der Waals surface area contributed by atoms with Crippen molar-refractivity contribution in [1.82, 2.24) is 29.3 Å². The first-order valence-corrected chi connectivity index (χ1v) is 7.61. The van der Waals surface area contributed by atoms with Crippen LogP contribution in [0, 0.1) is 22.5 Å². The SMILES string of the molecule is Cc1ncc(N([O-])O)n1CCNCCCCn1cc[nH]c1=[N+]([O-])[O-]. The van der Waals surface area contributed by atoms with Gasteiger partial charge in [0.15, 0.2) is 0 Å². The van der Waals surface area contributed by atoms with Crippen molar-refractivity contribution in [2.24, 2.45) is 0 Å².